The van der Waals surface area contributed by atoms with E-state index in [4.69, 9.17) is 11.6 Å². The minimum atomic E-state index is 0.497. The van der Waals surface area contributed by atoms with Gasteiger partial charge in [0, 0.05) is 6.42 Å². The van der Waals surface area contributed by atoms with E-state index >= 15 is 0 Å². The van der Waals surface area contributed by atoms with Crippen molar-refractivity contribution in [2.75, 3.05) is 0 Å². The standard InChI is InChI=1S/C13H15ClN4/c14-11-3-4-12-15-16-13(18(12)17-11)7-10-6-8-1-2-9(10)5-8/h3-4,8-10H,1-2,5-7H2. The first-order valence-corrected chi connectivity index (χ1v) is 7.04. The van der Waals surface area contributed by atoms with Crippen molar-refractivity contribution in [1.29, 1.82) is 0 Å². The lowest BCUT2D eigenvalue weighted by Crippen LogP contribution is -2.15. The van der Waals surface area contributed by atoms with Gasteiger partial charge in [-0.1, -0.05) is 18.0 Å². The predicted octanol–water partition coefficient (Wildman–Crippen LogP) is 2.76. The lowest BCUT2D eigenvalue weighted by atomic mass is 9.86. The Hall–Kier alpha value is -1.16. The molecule has 2 bridgehead atoms. The first kappa shape index (κ1) is 10.7. The molecule has 4 rings (SSSR count). The van der Waals surface area contributed by atoms with Crippen molar-refractivity contribution in [2.24, 2.45) is 17.8 Å². The molecular weight excluding hydrogens is 248 g/mol. The molecule has 2 heterocycles. The van der Waals surface area contributed by atoms with Gasteiger partial charge in [-0.05, 0) is 49.1 Å². The van der Waals surface area contributed by atoms with Crippen LogP contribution in [0.2, 0.25) is 5.15 Å². The van der Waals surface area contributed by atoms with E-state index in [0.717, 1.165) is 35.6 Å². The van der Waals surface area contributed by atoms with E-state index in [1.54, 1.807) is 10.6 Å². The van der Waals surface area contributed by atoms with Crippen LogP contribution in [-0.4, -0.2) is 19.8 Å². The number of hydrogen-bond donors (Lipinski definition) is 0. The first-order chi connectivity index (χ1) is 8.79. The van der Waals surface area contributed by atoms with Gasteiger partial charge in [-0.15, -0.1) is 10.2 Å². The smallest absolute Gasteiger partial charge is 0.178 e. The van der Waals surface area contributed by atoms with E-state index in [9.17, 15) is 0 Å². The quantitative estimate of drug-likeness (QED) is 0.836. The molecule has 0 aliphatic heterocycles. The third-order valence-electron chi connectivity index (χ3n) is 4.62. The minimum Gasteiger partial charge on any atom is -0.196 e. The highest BCUT2D eigenvalue weighted by Gasteiger charge is 2.39. The molecule has 0 radical (unpaired) electrons. The van der Waals surface area contributed by atoms with E-state index in [0.29, 0.717) is 5.15 Å². The summed E-state index contributed by atoms with van der Waals surface area (Å²) in [4.78, 5) is 0. The molecule has 2 aromatic rings. The molecule has 0 amide bonds. The van der Waals surface area contributed by atoms with Gasteiger partial charge < -0.3 is 0 Å². The van der Waals surface area contributed by atoms with Crippen LogP contribution in [0.5, 0.6) is 0 Å². The molecule has 2 saturated carbocycles. The zero-order valence-electron chi connectivity index (χ0n) is 10.1. The van der Waals surface area contributed by atoms with Crippen LogP contribution in [0.25, 0.3) is 5.65 Å². The van der Waals surface area contributed by atoms with Crippen molar-refractivity contribution in [3.8, 4) is 0 Å². The number of nitrogens with zero attached hydrogens (tertiary/aromatic N) is 4. The zero-order valence-corrected chi connectivity index (χ0v) is 10.8. The minimum absolute atomic E-state index is 0.497. The Balaban J connectivity index is 1.65. The highest BCUT2D eigenvalue weighted by molar-refractivity contribution is 6.29. The Morgan fingerprint density at radius 1 is 1.22 bits per heavy atom. The molecule has 18 heavy (non-hydrogen) atoms. The SMILES string of the molecule is Clc1ccc2nnc(CC3CC4CCC3C4)n2n1. The Bertz CT molecular complexity index is 594. The summed E-state index contributed by atoms with van der Waals surface area (Å²) in [5.74, 6) is 3.61. The van der Waals surface area contributed by atoms with E-state index in [1.165, 1.54) is 25.7 Å². The van der Waals surface area contributed by atoms with E-state index in [-0.39, 0.29) is 0 Å². The summed E-state index contributed by atoms with van der Waals surface area (Å²) in [6, 6.07) is 3.62. The van der Waals surface area contributed by atoms with Crippen molar-refractivity contribution >= 4 is 17.2 Å². The second kappa shape index (κ2) is 3.92. The number of halogens is 1. The molecule has 94 valence electrons. The monoisotopic (exact) mass is 262 g/mol. The molecule has 2 fully saturated rings. The maximum absolute atomic E-state index is 5.94. The van der Waals surface area contributed by atoms with Gasteiger partial charge in [0.05, 0.1) is 0 Å². The van der Waals surface area contributed by atoms with Crippen molar-refractivity contribution in [1.82, 2.24) is 19.8 Å². The van der Waals surface area contributed by atoms with Gasteiger partial charge in [0.1, 0.15) is 5.15 Å². The van der Waals surface area contributed by atoms with Crippen LogP contribution in [0, 0.1) is 17.8 Å². The molecular formula is C13H15ClN4. The molecule has 0 saturated heterocycles. The number of fused-ring (bicyclic) bond motifs is 3. The summed E-state index contributed by atoms with van der Waals surface area (Å²) in [7, 11) is 0. The predicted molar refractivity (Wildman–Crippen MR) is 68.4 cm³/mol. The fourth-order valence-corrected chi connectivity index (χ4v) is 3.94. The zero-order chi connectivity index (χ0) is 12.1. The molecule has 3 unspecified atom stereocenters. The van der Waals surface area contributed by atoms with E-state index in [2.05, 4.69) is 15.3 Å². The normalized spacial score (nSPS) is 30.4. The van der Waals surface area contributed by atoms with E-state index < -0.39 is 0 Å². The lowest BCUT2D eigenvalue weighted by Gasteiger charge is -2.20. The largest absolute Gasteiger partial charge is 0.196 e. The maximum Gasteiger partial charge on any atom is 0.178 e. The topological polar surface area (TPSA) is 43.1 Å². The van der Waals surface area contributed by atoms with Crippen molar-refractivity contribution in [3.63, 3.8) is 0 Å². The maximum atomic E-state index is 5.94. The van der Waals surface area contributed by atoms with Crippen LogP contribution in [0.15, 0.2) is 12.1 Å². The van der Waals surface area contributed by atoms with Crippen LogP contribution in [0.4, 0.5) is 0 Å². The first-order valence-electron chi connectivity index (χ1n) is 6.66. The van der Waals surface area contributed by atoms with Crippen LogP contribution < -0.4 is 0 Å². The van der Waals surface area contributed by atoms with E-state index in [1.807, 2.05) is 6.07 Å². The summed E-state index contributed by atoms with van der Waals surface area (Å²) in [6.45, 7) is 0. The number of aromatic nitrogens is 4. The van der Waals surface area contributed by atoms with Gasteiger partial charge in [0.15, 0.2) is 11.5 Å². The fourth-order valence-electron chi connectivity index (χ4n) is 3.80. The average molecular weight is 263 g/mol. The third-order valence-corrected chi connectivity index (χ3v) is 4.83. The fraction of sp³-hybridized carbons (Fsp3) is 0.615. The van der Waals surface area contributed by atoms with Gasteiger partial charge in [0.2, 0.25) is 0 Å². The van der Waals surface area contributed by atoms with Gasteiger partial charge in [-0.3, -0.25) is 0 Å². The van der Waals surface area contributed by atoms with Crippen molar-refractivity contribution in [2.45, 2.75) is 32.1 Å². The van der Waals surface area contributed by atoms with Gasteiger partial charge >= 0.3 is 0 Å². The van der Waals surface area contributed by atoms with Crippen LogP contribution in [-0.2, 0) is 6.42 Å². The Labute approximate surface area is 110 Å². The Morgan fingerprint density at radius 2 is 2.17 bits per heavy atom. The lowest BCUT2D eigenvalue weighted by molar-refractivity contribution is 0.325. The van der Waals surface area contributed by atoms with Gasteiger partial charge in [-0.2, -0.15) is 9.61 Å². The molecule has 0 spiro atoms. The highest BCUT2D eigenvalue weighted by Crippen LogP contribution is 2.49. The van der Waals surface area contributed by atoms with Crippen LogP contribution in [0.3, 0.4) is 0 Å². The molecule has 3 atom stereocenters. The summed E-state index contributed by atoms with van der Waals surface area (Å²) in [5.41, 5.74) is 0.789. The summed E-state index contributed by atoms with van der Waals surface area (Å²) in [6.07, 6.45) is 6.62. The number of rotatable bonds is 2. The third kappa shape index (κ3) is 1.62. The van der Waals surface area contributed by atoms with Crippen LogP contribution >= 0.6 is 11.6 Å². The Morgan fingerprint density at radius 3 is 2.94 bits per heavy atom. The molecule has 2 aliphatic carbocycles. The second-order valence-electron chi connectivity index (χ2n) is 5.68. The molecule has 2 aromatic heterocycles. The summed E-state index contributed by atoms with van der Waals surface area (Å²) >= 11 is 5.94. The molecule has 0 N–H and O–H groups in total. The van der Waals surface area contributed by atoms with Crippen molar-refractivity contribution < 1.29 is 0 Å². The molecule has 2 aliphatic rings. The second-order valence-corrected chi connectivity index (χ2v) is 6.07. The van der Waals surface area contributed by atoms with Crippen molar-refractivity contribution in [3.05, 3.63) is 23.1 Å². The molecule has 4 nitrogen and oxygen atoms in total. The molecule has 5 heteroatoms. The number of hydrogen-bond acceptors (Lipinski definition) is 3. The summed E-state index contributed by atoms with van der Waals surface area (Å²) < 4.78 is 1.80. The van der Waals surface area contributed by atoms with Gasteiger partial charge in [0.25, 0.3) is 0 Å². The molecule has 0 aromatic carbocycles. The highest BCUT2D eigenvalue weighted by atomic mass is 35.5. The summed E-state index contributed by atoms with van der Waals surface area (Å²) in [5, 5.41) is 13.2. The van der Waals surface area contributed by atoms with Crippen LogP contribution in [0.1, 0.15) is 31.5 Å². The average Bonchev–Trinajstić information content (AvgIpc) is 3.05. The van der Waals surface area contributed by atoms with Gasteiger partial charge in [-0.25, -0.2) is 0 Å². The Kier molecular flexibility index (Phi) is 2.34.